The van der Waals surface area contributed by atoms with Gasteiger partial charge in [0.05, 0.1) is 17.6 Å². The highest BCUT2D eigenvalue weighted by molar-refractivity contribution is 7.10. The second-order valence-corrected chi connectivity index (χ2v) is 6.48. The number of anilines is 1. The third kappa shape index (κ3) is 2.63. The van der Waals surface area contributed by atoms with E-state index in [1.165, 1.54) is 10.4 Å². The Balaban J connectivity index is 1.40. The number of carbonyl (C=O) groups is 1. The number of para-hydroxylation sites is 2. The van der Waals surface area contributed by atoms with Gasteiger partial charge in [-0.3, -0.25) is 15.0 Å². The fraction of sp³-hybridized carbons (Fsp3) is 0.250. The van der Waals surface area contributed by atoms with Crippen LogP contribution in [0.4, 0.5) is 5.95 Å². The summed E-state index contributed by atoms with van der Waals surface area (Å²) in [5, 5.41) is 4.98. The summed E-state index contributed by atoms with van der Waals surface area (Å²) in [5.41, 5.74) is 3.14. The van der Waals surface area contributed by atoms with E-state index < -0.39 is 0 Å². The molecule has 0 atom stereocenters. The van der Waals surface area contributed by atoms with Gasteiger partial charge in [-0.25, -0.2) is 4.98 Å². The van der Waals surface area contributed by atoms with Crippen molar-refractivity contribution in [2.75, 3.05) is 18.4 Å². The molecule has 22 heavy (non-hydrogen) atoms. The van der Waals surface area contributed by atoms with Crippen molar-refractivity contribution in [3.8, 4) is 0 Å². The first kappa shape index (κ1) is 13.5. The van der Waals surface area contributed by atoms with E-state index in [0.717, 1.165) is 30.5 Å². The Hall–Kier alpha value is -2.18. The summed E-state index contributed by atoms with van der Waals surface area (Å²) in [6.07, 6.45) is 1.03. The monoisotopic (exact) mass is 312 g/mol. The van der Waals surface area contributed by atoms with Crippen LogP contribution >= 0.6 is 11.3 Å². The molecule has 3 aromatic rings. The highest BCUT2D eigenvalue weighted by Crippen LogP contribution is 2.23. The second-order valence-electron chi connectivity index (χ2n) is 5.48. The average molecular weight is 312 g/mol. The van der Waals surface area contributed by atoms with Gasteiger partial charge < -0.3 is 4.98 Å². The number of H-pyrrole nitrogens is 1. The molecule has 0 aliphatic carbocycles. The third-order valence-electron chi connectivity index (χ3n) is 3.90. The maximum atomic E-state index is 12.2. The Morgan fingerprint density at radius 2 is 2.27 bits per heavy atom. The SMILES string of the molecule is O=C(CN1CCc2sccc2C1)Nc1nc2ccccc2[nH]1. The van der Waals surface area contributed by atoms with Gasteiger partial charge >= 0.3 is 0 Å². The molecule has 0 spiro atoms. The number of nitrogens with zero attached hydrogens (tertiary/aromatic N) is 2. The number of hydrogen-bond acceptors (Lipinski definition) is 4. The fourth-order valence-electron chi connectivity index (χ4n) is 2.83. The van der Waals surface area contributed by atoms with Crippen LogP contribution in [0.1, 0.15) is 10.4 Å². The number of imidazole rings is 1. The van der Waals surface area contributed by atoms with E-state index in [1.807, 2.05) is 35.6 Å². The molecule has 1 amide bonds. The van der Waals surface area contributed by atoms with E-state index in [0.29, 0.717) is 12.5 Å². The molecule has 5 nitrogen and oxygen atoms in total. The van der Waals surface area contributed by atoms with Gasteiger partial charge in [0.15, 0.2) is 0 Å². The zero-order chi connectivity index (χ0) is 14.9. The molecular formula is C16H16N4OS. The lowest BCUT2D eigenvalue weighted by Crippen LogP contribution is -2.36. The Morgan fingerprint density at radius 3 is 3.18 bits per heavy atom. The van der Waals surface area contributed by atoms with Crippen LogP contribution in [-0.4, -0.2) is 33.9 Å². The third-order valence-corrected chi connectivity index (χ3v) is 4.92. The number of hydrogen-bond donors (Lipinski definition) is 2. The largest absolute Gasteiger partial charge is 0.324 e. The maximum Gasteiger partial charge on any atom is 0.240 e. The molecule has 0 saturated heterocycles. The van der Waals surface area contributed by atoms with Crippen LogP contribution in [0.3, 0.4) is 0 Å². The summed E-state index contributed by atoms with van der Waals surface area (Å²) in [5.74, 6) is 0.483. The first-order chi connectivity index (χ1) is 10.8. The van der Waals surface area contributed by atoms with Crippen molar-refractivity contribution in [1.29, 1.82) is 0 Å². The zero-order valence-corrected chi connectivity index (χ0v) is 12.8. The summed E-state index contributed by atoms with van der Waals surface area (Å²) in [4.78, 5) is 23.3. The number of amides is 1. The smallest absolute Gasteiger partial charge is 0.240 e. The lowest BCUT2D eigenvalue weighted by molar-refractivity contribution is -0.117. The lowest BCUT2D eigenvalue weighted by atomic mass is 10.1. The van der Waals surface area contributed by atoms with Crippen LogP contribution in [0.5, 0.6) is 0 Å². The predicted molar refractivity (Wildman–Crippen MR) is 88.0 cm³/mol. The van der Waals surface area contributed by atoms with Crippen LogP contribution in [0, 0.1) is 0 Å². The number of carbonyl (C=O) groups excluding carboxylic acids is 1. The molecule has 0 unspecified atom stereocenters. The van der Waals surface area contributed by atoms with Crippen LogP contribution in [-0.2, 0) is 17.8 Å². The van der Waals surface area contributed by atoms with E-state index >= 15 is 0 Å². The first-order valence-corrected chi connectivity index (χ1v) is 8.18. The highest BCUT2D eigenvalue weighted by atomic mass is 32.1. The van der Waals surface area contributed by atoms with E-state index in [9.17, 15) is 4.79 Å². The van der Waals surface area contributed by atoms with Crippen molar-refractivity contribution in [2.45, 2.75) is 13.0 Å². The van der Waals surface area contributed by atoms with E-state index in [2.05, 4.69) is 31.6 Å². The van der Waals surface area contributed by atoms with E-state index in [-0.39, 0.29) is 5.91 Å². The van der Waals surface area contributed by atoms with Gasteiger partial charge in [0.25, 0.3) is 0 Å². The minimum absolute atomic E-state index is 0.0299. The molecule has 2 aromatic heterocycles. The van der Waals surface area contributed by atoms with Crippen molar-refractivity contribution in [3.63, 3.8) is 0 Å². The van der Waals surface area contributed by atoms with Crippen LogP contribution in [0.15, 0.2) is 35.7 Å². The second kappa shape index (κ2) is 5.55. The normalized spacial score (nSPS) is 14.9. The Bertz CT molecular complexity index is 789. The van der Waals surface area contributed by atoms with Crippen LogP contribution < -0.4 is 5.32 Å². The topological polar surface area (TPSA) is 61.0 Å². The summed E-state index contributed by atoms with van der Waals surface area (Å²) in [6.45, 7) is 2.18. The average Bonchev–Trinajstić information content (AvgIpc) is 3.11. The fourth-order valence-corrected chi connectivity index (χ4v) is 3.72. The Kier molecular flexibility index (Phi) is 3.40. The molecule has 0 bridgehead atoms. The maximum absolute atomic E-state index is 12.2. The Morgan fingerprint density at radius 1 is 1.36 bits per heavy atom. The van der Waals surface area contributed by atoms with Gasteiger partial charge in [0.1, 0.15) is 0 Å². The summed E-state index contributed by atoms with van der Waals surface area (Å²) >= 11 is 1.81. The molecule has 112 valence electrons. The molecule has 0 fully saturated rings. The first-order valence-electron chi connectivity index (χ1n) is 7.30. The van der Waals surface area contributed by atoms with Crippen molar-refractivity contribution in [3.05, 3.63) is 46.2 Å². The number of nitrogens with one attached hydrogen (secondary N) is 2. The molecule has 0 radical (unpaired) electrons. The highest BCUT2D eigenvalue weighted by Gasteiger charge is 2.19. The van der Waals surface area contributed by atoms with Gasteiger partial charge in [-0.2, -0.15) is 0 Å². The number of rotatable bonds is 3. The van der Waals surface area contributed by atoms with Crippen molar-refractivity contribution in [1.82, 2.24) is 14.9 Å². The number of fused-ring (bicyclic) bond motifs is 2. The van der Waals surface area contributed by atoms with Gasteiger partial charge in [0, 0.05) is 18.0 Å². The molecule has 3 heterocycles. The van der Waals surface area contributed by atoms with Gasteiger partial charge in [0.2, 0.25) is 11.9 Å². The number of benzene rings is 1. The van der Waals surface area contributed by atoms with Crippen molar-refractivity contribution in [2.24, 2.45) is 0 Å². The molecule has 1 aliphatic rings. The molecule has 0 saturated carbocycles. The molecule has 6 heteroatoms. The van der Waals surface area contributed by atoms with E-state index in [1.54, 1.807) is 0 Å². The van der Waals surface area contributed by atoms with Crippen molar-refractivity contribution < 1.29 is 4.79 Å². The number of aromatic nitrogens is 2. The van der Waals surface area contributed by atoms with Crippen LogP contribution in [0.2, 0.25) is 0 Å². The molecule has 1 aromatic carbocycles. The van der Waals surface area contributed by atoms with Gasteiger partial charge in [-0.05, 0) is 35.6 Å². The number of aromatic amines is 1. The quantitative estimate of drug-likeness (QED) is 0.781. The minimum Gasteiger partial charge on any atom is -0.324 e. The standard InChI is InChI=1S/C16H16N4OS/c21-15(10-20-7-5-14-11(9-20)6-8-22-14)19-16-17-12-3-1-2-4-13(12)18-16/h1-4,6,8H,5,7,9-10H2,(H2,17,18,19,21). The number of thiophene rings is 1. The Labute approximate surface area is 132 Å². The van der Waals surface area contributed by atoms with Gasteiger partial charge in [-0.1, -0.05) is 12.1 Å². The molecule has 4 rings (SSSR count). The zero-order valence-electron chi connectivity index (χ0n) is 12.0. The summed E-state index contributed by atoms with van der Waals surface area (Å²) in [7, 11) is 0. The molecule has 1 aliphatic heterocycles. The lowest BCUT2D eigenvalue weighted by Gasteiger charge is -2.25. The van der Waals surface area contributed by atoms with Gasteiger partial charge in [-0.15, -0.1) is 11.3 Å². The van der Waals surface area contributed by atoms with E-state index in [4.69, 9.17) is 0 Å². The summed E-state index contributed by atoms with van der Waals surface area (Å²) < 4.78 is 0. The van der Waals surface area contributed by atoms with Crippen LogP contribution in [0.25, 0.3) is 11.0 Å². The molecule has 2 N–H and O–H groups in total. The van der Waals surface area contributed by atoms with Crippen molar-refractivity contribution >= 4 is 34.2 Å². The minimum atomic E-state index is -0.0299. The predicted octanol–water partition coefficient (Wildman–Crippen LogP) is 2.62. The molecular weight excluding hydrogens is 296 g/mol. The summed E-state index contributed by atoms with van der Waals surface area (Å²) in [6, 6.07) is 9.90.